The molecular formula is C13H13BrF3N3O2S. The monoisotopic (exact) mass is 411 g/mol. The van der Waals surface area contributed by atoms with Gasteiger partial charge >= 0.3 is 6.18 Å². The maximum atomic E-state index is 12.9. The van der Waals surface area contributed by atoms with Gasteiger partial charge < -0.3 is 4.57 Å². The summed E-state index contributed by atoms with van der Waals surface area (Å²) in [6.07, 6.45) is -2.61. The second-order valence-electron chi connectivity index (χ2n) is 4.62. The van der Waals surface area contributed by atoms with E-state index in [0.29, 0.717) is 23.4 Å². The van der Waals surface area contributed by atoms with Gasteiger partial charge in [0.05, 0.1) is 22.4 Å². The van der Waals surface area contributed by atoms with Gasteiger partial charge in [-0.3, -0.25) is 4.98 Å². The number of imidazole rings is 1. The van der Waals surface area contributed by atoms with E-state index in [0.717, 1.165) is 0 Å². The smallest absolute Gasteiger partial charge is 0.318 e. The van der Waals surface area contributed by atoms with Crippen LogP contribution in [0.2, 0.25) is 0 Å². The number of rotatable bonds is 4. The first kappa shape index (κ1) is 17.9. The van der Waals surface area contributed by atoms with Gasteiger partial charge in [-0.05, 0) is 28.9 Å². The summed E-state index contributed by atoms with van der Waals surface area (Å²) in [5.74, 6) is -0.142. The molecule has 0 atom stereocenters. The van der Waals surface area contributed by atoms with Crippen LogP contribution in [0, 0.1) is 0 Å². The molecule has 0 fully saturated rings. The van der Waals surface area contributed by atoms with Gasteiger partial charge in [0.15, 0.2) is 15.7 Å². The topological polar surface area (TPSA) is 64.8 Å². The molecule has 2 aromatic rings. The predicted octanol–water partition coefficient (Wildman–Crippen LogP) is 3.54. The highest BCUT2D eigenvalue weighted by Crippen LogP contribution is 2.34. The zero-order chi connectivity index (χ0) is 17.4. The van der Waals surface area contributed by atoms with Crippen molar-refractivity contribution in [2.75, 3.05) is 5.75 Å². The molecule has 5 nitrogen and oxygen atoms in total. The summed E-state index contributed by atoms with van der Waals surface area (Å²) in [4.78, 5) is 7.34. The van der Waals surface area contributed by atoms with E-state index in [9.17, 15) is 21.6 Å². The average molecular weight is 412 g/mol. The lowest BCUT2D eigenvalue weighted by atomic mass is 10.2. The quantitative estimate of drug-likeness (QED) is 0.771. The van der Waals surface area contributed by atoms with Crippen LogP contribution in [0.25, 0.3) is 11.5 Å². The van der Waals surface area contributed by atoms with Crippen molar-refractivity contribution in [2.45, 2.75) is 31.5 Å². The van der Waals surface area contributed by atoms with Crippen molar-refractivity contribution in [3.8, 4) is 11.5 Å². The molecule has 0 saturated heterocycles. The molecule has 0 aliphatic carbocycles. The Hall–Kier alpha value is -1.42. The van der Waals surface area contributed by atoms with Gasteiger partial charge in [-0.15, -0.1) is 0 Å². The van der Waals surface area contributed by atoms with E-state index < -0.39 is 26.5 Å². The van der Waals surface area contributed by atoms with E-state index in [1.165, 1.54) is 13.1 Å². The standard InChI is InChI=1S/C13H13BrF3N3O2S/c1-3-20-10(14)7-19-12(20)11-9(23(21,22)4-2)5-8(6-18-11)13(15,16)17/h5-7H,3-4H2,1-2H3. The summed E-state index contributed by atoms with van der Waals surface area (Å²) in [6, 6.07) is 0.615. The molecule has 126 valence electrons. The fourth-order valence-electron chi connectivity index (χ4n) is 2.00. The Balaban J connectivity index is 2.78. The van der Waals surface area contributed by atoms with E-state index in [1.807, 2.05) is 0 Å². The highest BCUT2D eigenvalue weighted by Gasteiger charge is 2.34. The van der Waals surface area contributed by atoms with Gasteiger partial charge in [0.2, 0.25) is 0 Å². The molecule has 0 spiro atoms. The number of hydrogen-bond acceptors (Lipinski definition) is 4. The lowest BCUT2D eigenvalue weighted by Crippen LogP contribution is -2.13. The molecule has 0 radical (unpaired) electrons. The van der Waals surface area contributed by atoms with Crippen molar-refractivity contribution in [1.29, 1.82) is 0 Å². The Morgan fingerprint density at radius 3 is 2.39 bits per heavy atom. The Kier molecular flexibility index (Phi) is 4.86. The van der Waals surface area contributed by atoms with E-state index >= 15 is 0 Å². The molecule has 0 aliphatic rings. The van der Waals surface area contributed by atoms with Gasteiger partial charge in [0.25, 0.3) is 0 Å². The van der Waals surface area contributed by atoms with E-state index in [4.69, 9.17) is 0 Å². The van der Waals surface area contributed by atoms with Crippen LogP contribution in [-0.2, 0) is 22.6 Å². The molecule has 0 saturated carbocycles. The fraction of sp³-hybridized carbons (Fsp3) is 0.385. The molecule has 2 rings (SSSR count). The van der Waals surface area contributed by atoms with Crippen LogP contribution in [0.15, 0.2) is 28.0 Å². The van der Waals surface area contributed by atoms with Crippen LogP contribution in [0.4, 0.5) is 13.2 Å². The highest BCUT2D eigenvalue weighted by atomic mass is 79.9. The second kappa shape index (κ2) is 6.23. The summed E-state index contributed by atoms with van der Waals surface area (Å²) < 4.78 is 65.3. The van der Waals surface area contributed by atoms with Crippen LogP contribution >= 0.6 is 15.9 Å². The minimum absolute atomic E-state index is 0.0904. The molecule has 0 aliphatic heterocycles. The number of nitrogens with zero attached hydrogens (tertiary/aromatic N) is 3. The van der Waals surface area contributed by atoms with Crippen LogP contribution < -0.4 is 0 Å². The first-order chi connectivity index (χ1) is 10.6. The first-order valence-corrected chi connectivity index (χ1v) is 9.07. The number of aromatic nitrogens is 3. The number of halogens is 4. The van der Waals surface area contributed by atoms with Crippen LogP contribution in [-0.4, -0.2) is 28.7 Å². The zero-order valence-corrected chi connectivity index (χ0v) is 14.6. The van der Waals surface area contributed by atoms with E-state index in [2.05, 4.69) is 25.9 Å². The maximum Gasteiger partial charge on any atom is 0.417 e. The average Bonchev–Trinajstić information content (AvgIpc) is 2.86. The minimum Gasteiger partial charge on any atom is -0.318 e. The van der Waals surface area contributed by atoms with Crippen molar-refractivity contribution in [3.05, 3.63) is 28.6 Å². The molecule has 2 aromatic heterocycles. The normalized spacial score (nSPS) is 12.6. The van der Waals surface area contributed by atoms with Gasteiger partial charge in [-0.2, -0.15) is 13.2 Å². The van der Waals surface area contributed by atoms with Crippen LogP contribution in [0.1, 0.15) is 19.4 Å². The molecular weight excluding hydrogens is 399 g/mol. The Labute approximate surface area is 139 Å². The SMILES string of the molecule is CCn1c(Br)cnc1-c1ncc(C(F)(F)F)cc1S(=O)(=O)CC. The number of hydrogen-bond donors (Lipinski definition) is 0. The molecule has 23 heavy (non-hydrogen) atoms. The van der Waals surface area contributed by atoms with Gasteiger partial charge in [0.1, 0.15) is 10.3 Å². The lowest BCUT2D eigenvalue weighted by molar-refractivity contribution is -0.138. The van der Waals surface area contributed by atoms with Crippen molar-refractivity contribution in [1.82, 2.24) is 14.5 Å². The summed E-state index contributed by atoms with van der Waals surface area (Å²) in [5.41, 5.74) is -1.20. The van der Waals surface area contributed by atoms with Crippen LogP contribution in [0.5, 0.6) is 0 Å². The molecule has 0 amide bonds. The van der Waals surface area contributed by atoms with Gasteiger partial charge in [-0.1, -0.05) is 6.92 Å². The summed E-state index contributed by atoms with van der Waals surface area (Å²) in [5, 5.41) is 0. The van der Waals surface area contributed by atoms with Crippen molar-refractivity contribution in [3.63, 3.8) is 0 Å². The minimum atomic E-state index is -4.68. The third-order valence-corrected chi connectivity index (χ3v) is 5.60. The van der Waals surface area contributed by atoms with Gasteiger partial charge in [0, 0.05) is 12.7 Å². The molecule has 0 N–H and O–H groups in total. The largest absolute Gasteiger partial charge is 0.417 e. The third kappa shape index (κ3) is 3.42. The van der Waals surface area contributed by atoms with E-state index in [1.54, 1.807) is 11.5 Å². The summed E-state index contributed by atoms with van der Waals surface area (Å²) in [7, 11) is -3.91. The number of sulfone groups is 1. The molecule has 0 aromatic carbocycles. The van der Waals surface area contributed by atoms with Crippen molar-refractivity contribution < 1.29 is 21.6 Å². The Morgan fingerprint density at radius 1 is 1.22 bits per heavy atom. The molecule has 2 heterocycles. The molecule has 0 unspecified atom stereocenters. The van der Waals surface area contributed by atoms with E-state index in [-0.39, 0.29) is 17.3 Å². The molecule has 0 bridgehead atoms. The number of alkyl halides is 3. The Bertz CT molecular complexity index is 831. The fourth-order valence-corrected chi connectivity index (χ4v) is 3.58. The maximum absolute atomic E-state index is 12.9. The lowest BCUT2D eigenvalue weighted by Gasteiger charge is -2.13. The summed E-state index contributed by atoms with van der Waals surface area (Å²) in [6.45, 7) is 3.61. The zero-order valence-electron chi connectivity index (χ0n) is 12.2. The first-order valence-electron chi connectivity index (χ1n) is 6.63. The van der Waals surface area contributed by atoms with Crippen molar-refractivity contribution in [2.24, 2.45) is 0 Å². The van der Waals surface area contributed by atoms with Crippen LogP contribution in [0.3, 0.4) is 0 Å². The second-order valence-corrected chi connectivity index (χ2v) is 7.68. The molecule has 10 heteroatoms. The summed E-state index contributed by atoms with van der Waals surface area (Å²) >= 11 is 3.26. The third-order valence-electron chi connectivity index (χ3n) is 3.23. The van der Waals surface area contributed by atoms with Crippen molar-refractivity contribution >= 4 is 25.8 Å². The number of pyridine rings is 1. The highest BCUT2D eigenvalue weighted by molar-refractivity contribution is 9.10. The Morgan fingerprint density at radius 2 is 1.87 bits per heavy atom. The predicted molar refractivity (Wildman–Crippen MR) is 81.6 cm³/mol. The van der Waals surface area contributed by atoms with Gasteiger partial charge in [-0.25, -0.2) is 13.4 Å².